The van der Waals surface area contributed by atoms with Crippen molar-refractivity contribution in [2.75, 3.05) is 13.1 Å². The van der Waals surface area contributed by atoms with Crippen molar-refractivity contribution in [1.29, 1.82) is 0 Å². The molecule has 2 aliphatic heterocycles. The Bertz CT molecular complexity index is 645. The fourth-order valence-corrected chi connectivity index (χ4v) is 3.36. The number of carbonyl (C=O) groups excluding carboxylic acids is 2. The number of nitrogens with one attached hydrogen (secondary N) is 1. The molecule has 1 aromatic rings. The first kappa shape index (κ1) is 17.5. The van der Waals surface area contributed by atoms with Gasteiger partial charge in [0.15, 0.2) is 6.10 Å². The summed E-state index contributed by atoms with van der Waals surface area (Å²) in [6.45, 7) is 3.24. The molecule has 2 atom stereocenters. The van der Waals surface area contributed by atoms with Crippen LogP contribution in [0, 0.1) is 0 Å². The monoisotopic (exact) mass is 343 g/mol. The van der Waals surface area contributed by atoms with E-state index in [-0.39, 0.29) is 17.9 Å². The molecule has 0 saturated carbocycles. The molecule has 1 saturated heterocycles. The summed E-state index contributed by atoms with van der Waals surface area (Å²) >= 11 is 0. The van der Waals surface area contributed by atoms with Gasteiger partial charge in [-0.05, 0) is 31.7 Å². The summed E-state index contributed by atoms with van der Waals surface area (Å²) in [5, 5.41) is 6.69. The average Bonchev–Trinajstić information content (AvgIpc) is 3.13. The van der Waals surface area contributed by atoms with Crippen molar-refractivity contribution in [1.82, 2.24) is 10.2 Å². The lowest BCUT2D eigenvalue weighted by molar-refractivity contribution is -0.134. The molecule has 6 nitrogen and oxygen atoms in total. The molecule has 2 aliphatic rings. The van der Waals surface area contributed by atoms with Gasteiger partial charge in [0.05, 0.1) is 0 Å². The van der Waals surface area contributed by atoms with E-state index in [0.717, 1.165) is 24.9 Å². The van der Waals surface area contributed by atoms with Gasteiger partial charge in [-0.3, -0.25) is 9.59 Å². The smallest absolute Gasteiger partial charge is 0.269 e. The molecule has 2 heterocycles. The lowest BCUT2D eigenvalue weighted by atomic mass is 10.0. The van der Waals surface area contributed by atoms with Crippen LogP contribution in [0.4, 0.5) is 0 Å². The second-order valence-corrected chi connectivity index (χ2v) is 6.68. The van der Waals surface area contributed by atoms with Gasteiger partial charge in [-0.1, -0.05) is 35.5 Å². The van der Waals surface area contributed by atoms with Crippen molar-refractivity contribution in [3.63, 3.8) is 0 Å². The number of rotatable bonds is 5. The molecule has 1 N–H and O–H groups in total. The second kappa shape index (κ2) is 8.14. The van der Waals surface area contributed by atoms with E-state index in [2.05, 4.69) is 17.4 Å². The molecule has 0 spiro atoms. The molecule has 0 radical (unpaired) electrons. The molecular formula is C19H25N3O3. The van der Waals surface area contributed by atoms with Crippen LogP contribution in [0.2, 0.25) is 0 Å². The maximum absolute atomic E-state index is 12.3. The molecule has 0 aliphatic carbocycles. The van der Waals surface area contributed by atoms with Crippen LogP contribution in [0.3, 0.4) is 0 Å². The lowest BCUT2D eigenvalue weighted by Crippen LogP contribution is -2.43. The standard InChI is InChI=1S/C19H25N3O3/c1-14-7-5-6-12-22(14)18(23)10-11-20-19(24)16-13-17(25-21-16)15-8-3-2-4-9-15/h2-4,8-9,14,17H,5-7,10-13H2,1H3,(H,20,24)/t14-,17+/m0/s1. The highest BCUT2D eigenvalue weighted by molar-refractivity contribution is 6.39. The van der Waals surface area contributed by atoms with Crippen LogP contribution >= 0.6 is 0 Å². The van der Waals surface area contributed by atoms with Crippen LogP contribution in [0.1, 0.15) is 50.7 Å². The third-order valence-electron chi connectivity index (χ3n) is 4.85. The number of amides is 2. The predicted molar refractivity (Wildman–Crippen MR) is 95.0 cm³/mol. The zero-order chi connectivity index (χ0) is 17.6. The predicted octanol–water partition coefficient (Wildman–Crippen LogP) is 2.41. The minimum absolute atomic E-state index is 0.110. The minimum atomic E-state index is -0.252. The van der Waals surface area contributed by atoms with Crippen LogP contribution in [0.25, 0.3) is 0 Å². The molecule has 1 fully saturated rings. The summed E-state index contributed by atoms with van der Waals surface area (Å²) in [5.41, 5.74) is 1.39. The van der Waals surface area contributed by atoms with E-state index in [4.69, 9.17) is 4.84 Å². The van der Waals surface area contributed by atoms with Crippen molar-refractivity contribution >= 4 is 17.5 Å². The lowest BCUT2D eigenvalue weighted by Gasteiger charge is -2.33. The van der Waals surface area contributed by atoms with Crippen LogP contribution in [0.15, 0.2) is 35.5 Å². The van der Waals surface area contributed by atoms with Gasteiger partial charge < -0.3 is 15.1 Å². The van der Waals surface area contributed by atoms with Crippen molar-refractivity contribution in [2.24, 2.45) is 5.16 Å². The highest BCUT2D eigenvalue weighted by atomic mass is 16.6. The third kappa shape index (κ3) is 4.38. The molecule has 134 valence electrons. The first-order valence-electron chi connectivity index (χ1n) is 9.00. The van der Waals surface area contributed by atoms with Crippen molar-refractivity contribution in [3.05, 3.63) is 35.9 Å². The first-order valence-corrected chi connectivity index (χ1v) is 9.00. The number of piperidine rings is 1. The highest BCUT2D eigenvalue weighted by Crippen LogP contribution is 2.26. The van der Waals surface area contributed by atoms with E-state index in [1.54, 1.807) is 0 Å². The number of nitrogens with zero attached hydrogens (tertiary/aromatic N) is 2. The summed E-state index contributed by atoms with van der Waals surface area (Å²) in [6.07, 6.45) is 3.88. The maximum atomic E-state index is 12.3. The Kier molecular flexibility index (Phi) is 5.68. The van der Waals surface area contributed by atoms with Gasteiger partial charge in [0.2, 0.25) is 5.91 Å². The van der Waals surface area contributed by atoms with Gasteiger partial charge in [0.25, 0.3) is 5.91 Å². The van der Waals surface area contributed by atoms with E-state index in [1.807, 2.05) is 35.2 Å². The quantitative estimate of drug-likeness (QED) is 0.892. The number of hydrogen-bond donors (Lipinski definition) is 1. The topological polar surface area (TPSA) is 71.0 Å². The highest BCUT2D eigenvalue weighted by Gasteiger charge is 2.27. The summed E-state index contributed by atoms with van der Waals surface area (Å²) in [7, 11) is 0. The number of benzene rings is 1. The number of hydrogen-bond acceptors (Lipinski definition) is 4. The fourth-order valence-electron chi connectivity index (χ4n) is 3.36. The van der Waals surface area contributed by atoms with Gasteiger partial charge in [0, 0.05) is 32.0 Å². The van der Waals surface area contributed by atoms with E-state index in [0.29, 0.717) is 31.1 Å². The van der Waals surface area contributed by atoms with Crippen molar-refractivity contribution in [3.8, 4) is 0 Å². The Morgan fingerprint density at radius 3 is 2.84 bits per heavy atom. The molecule has 0 bridgehead atoms. The van der Waals surface area contributed by atoms with E-state index in [1.165, 1.54) is 6.42 Å². The van der Waals surface area contributed by atoms with Gasteiger partial charge in [0.1, 0.15) is 5.71 Å². The fraction of sp³-hybridized carbons (Fsp3) is 0.526. The molecule has 0 aromatic heterocycles. The Balaban J connectivity index is 1.42. The number of oxime groups is 1. The minimum Gasteiger partial charge on any atom is -0.387 e. The average molecular weight is 343 g/mol. The van der Waals surface area contributed by atoms with E-state index in [9.17, 15) is 9.59 Å². The zero-order valence-corrected chi connectivity index (χ0v) is 14.6. The van der Waals surface area contributed by atoms with Crippen LogP contribution in [0.5, 0.6) is 0 Å². The van der Waals surface area contributed by atoms with Gasteiger partial charge in [-0.15, -0.1) is 0 Å². The molecule has 1 aromatic carbocycles. The van der Waals surface area contributed by atoms with E-state index < -0.39 is 0 Å². The Hall–Kier alpha value is -2.37. The summed E-state index contributed by atoms with van der Waals surface area (Å²) in [4.78, 5) is 31.8. The van der Waals surface area contributed by atoms with Crippen molar-refractivity contribution in [2.45, 2.75) is 51.2 Å². The molecule has 3 rings (SSSR count). The van der Waals surface area contributed by atoms with E-state index >= 15 is 0 Å². The Labute approximate surface area is 148 Å². The second-order valence-electron chi connectivity index (χ2n) is 6.68. The van der Waals surface area contributed by atoms with Gasteiger partial charge in [-0.2, -0.15) is 0 Å². The molecular weight excluding hydrogens is 318 g/mol. The molecule has 2 amide bonds. The number of carbonyl (C=O) groups is 2. The summed E-state index contributed by atoms with van der Waals surface area (Å²) in [5.74, 6) is -0.141. The SMILES string of the molecule is C[C@H]1CCCCN1C(=O)CCNC(=O)C1=NO[C@@H](c2ccccc2)C1. The van der Waals surface area contributed by atoms with Crippen LogP contribution in [-0.2, 0) is 14.4 Å². The normalized spacial score (nSPS) is 22.9. The molecule has 25 heavy (non-hydrogen) atoms. The Morgan fingerprint density at radius 2 is 2.08 bits per heavy atom. The third-order valence-corrected chi connectivity index (χ3v) is 4.85. The zero-order valence-electron chi connectivity index (χ0n) is 14.6. The van der Waals surface area contributed by atoms with Crippen LogP contribution < -0.4 is 5.32 Å². The number of likely N-dealkylation sites (tertiary alicyclic amines) is 1. The maximum Gasteiger partial charge on any atom is 0.269 e. The Morgan fingerprint density at radius 1 is 1.28 bits per heavy atom. The largest absolute Gasteiger partial charge is 0.387 e. The van der Waals surface area contributed by atoms with Crippen LogP contribution in [-0.4, -0.2) is 41.6 Å². The summed E-state index contributed by atoms with van der Waals surface area (Å²) in [6, 6.07) is 10.0. The van der Waals surface area contributed by atoms with Crippen molar-refractivity contribution < 1.29 is 14.4 Å². The van der Waals surface area contributed by atoms with Gasteiger partial charge in [-0.25, -0.2) is 0 Å². The van der Waals surface area contributed by atoms with Gasteiger partial charge >= 0.3 is 0 Å². The first-order chi connectivity index (χ1) is 12.1. The molecule has 6 heteroatoms. The summed E-state index contributed by atoms with van der Waals surface area (Å²) < 4.78 is 0. The molecule has 0 unspecified atom stereocenters.